The molecule has 29 heavy (non-hydrogen) atoms. The van der Waals surface area contributed by atoms with Crippen LogP contribution in [0.15, 0.2) is 24.3 Å². The summed E-state index contributed by atoms with van der Waals surface area (Å²) in [6.45, 7) is 4.49. The summed E-state index contributed by atoms with van der Waals surface area (Å²) in [5.74, 6) is -1.50. The molecule has 150 valence electrons. The average molecular weight is 395 g/mol. The van der Waals surface area contributed by atoms with Gasteiger partial charge < -0.3 is 19.5 Å². The van der Waals surface area contributed by atoms with Crippen LogP contribution < -0.4 is 19.5 Å². The van der Waals surface area contributed by atoms with Crippen LogP contribution in [0, 0.1) is 0 Å². The molecule has 0 radical (unpaired) electrons. The highest BCUT2D eigenvalue weighted by Crippen LogP contribution is 2.55. The van der Waals surface area contributed by atoms with Gasteiger partial charge in [0.1, 0.15) is 0 Å². The SMILES string of the molecule is CC(=O)Oc1c2c3c(c(OC(C)=O)c1OC(C)=O)-c1ccccc1CC3NCC2. The zero-order valence-corrected chi connectivity index (χ0v) is 16.5. The van der Waals surface area contributed by atoms with Gasteiger partial charge >= 0.3 is 17.9 Å². The first kappa shape index (κ1) is 19.1. The molecule has 1 atom stereocenters. The Morgan fingerprint density at radius 1 is 0.897 bits per heavy atom. The molecule has 2 aliphatic rings. The summed E-state index contributed by atoms with van der Waals surface area (Å²) < 4.78 is 16.5. The number of fused-ring (bicyclic) bond motifs is 2. The quantitative estimate of drug-likeness (QED) is 0.631. The molecule has 1 unspecified atom stereocenters. The van der Waals surface area contributed by atoms with Crippen molar-refractivity contribution >= 4 is 17.9 Å². The minimum atomic E-state index is -0.603. The van der Waals surface area contributed by atoms with E-state index in [4.69, 9.17) is 14.2 Å². The van der Waals surface area contributed by atoms with E-state index in [1.165, 1.54) is 20.8 Å². The van der Waals surface area contributed by atoms with Gasteiger partial charge in [-0.05, 0) is 36.1 Å². The molecule has 2 aromatic rings. The summed E-state index contributed by atoms with van der Waals surface area (Å²) >= 11 is 0. The number of nitrogens with one attached hydrogen (secondary N) is 1. The molecule has 0 saturated carbocycles. The van der Waals surface area contributed by atoms with Crippen LogP contribution in [0.1, 0.15) is 43.5 Å². The van der Waals surface area contributed by atoms with Crippen LogP contribution in [0.4, 0.5) is 0 Å². The Morgan fingerprint density at radius 2 is 1.52 bits per heavy atom. The van der Waals surface area contributed by atoms with Gasteiger partial charge in [0.15, 0.2) is 11.5 Å². The van der Waals surface area contributed by atoms with Gasteiger partial charge in [0.2, 0.25) is 5.75 Å². The Balaban J connectivity index is 2.12. The van der Waals surface area contributed by atoms with Crippen molar-refractivity contribution in [2.45, 2.75) is 39.7 Å². The first-order valence-corrected chi connectivity index (χ1v) is 9.46. The van der Waals surface area contributed by atoms with E-state index >= 15 is 0 Å². The van der Waals surface area contributed by atoms with Crippen molar-refractivity contribution in [2.75, 3.05) is 6.54 Å². The summed E-state index contributed by atoms with van der Waals surface area (Å²) in [4.78, 5) is 35.6. The van der Waals surface area contributed by atoms with E-state index in [2.05, 4.69) is 5.32 Å². The van der Waals surface area contributed by atoms with Crippen LogP contribution in [-0.2, 0) is 27.2 Å². The predicted molar refractivity (Wildman–Crippen MR) is 104 cm³/mol. The highest BCUT2D eigenvalue weighted by molar-refractivity contribution is 5.90. The summed E-state index contributed by atoms with van der Waals surface area (Å²) in [5, 5.41) is 3.49. The van der Waals surface area contributed by atoms with Crippen LogP contribution in [0.5, 0.6) is 17.2 Å². The minimum absolute atomic E-state index is 0.0290. The van der Waals surface area contributed by atoms with E-state index in [9.17, 15) is 14.4 Å². The molecule has 1 N–H and O–H groups in total. The molecule has 0 bridgehead atoms. The lowest BCUT2D eigenvalue weighted by atomic mass is 9.77. The third-order valence-corrected chi connectivity index (χ3v) is 5.07. The molecular formula is C22H21NO6. The van der Waals surface area contributed by atoms with E-state index in [0.717, 1.165) is 28.7 Å². The largest absolute Gasteiger partial charge is 0.422 e. The monoisotopic (exact) mass is 395 g/mol. The third kappa shape index (κ3) is 3.38. The molecule has 7 nitrogen and oxygen atoms in total. The van der Waals surface area contributed by atoms with Crippen molar-refractivity contribution in [1.82, 2.24) is 5.32 Å². The highest BCUT2D eigenvalue weighted by atomic mass is 16.6. The van der Waals surface area contributed by atoms with Gasteiger partial charge in [0.25, 0.3) is 0 Å². The molecule has 0 aromatic heterocycles. The fourth-order valence-electron chi connectivity index (χ4n) is 4.19. The Morgan fingerprint density at radius 3 is 2.21 bits per heavy atom. The minimum Gasteiger partial charge on any atom is -0.422 e. The van der Waals surface area contributed by atoms with Crippen LogP contribution >= 0.6 is 0 Å². The molecular weight excluding hydrogens is 374 g/mol. The van der Waals surface area contributed by atoms with E-state index in [1.807, 2.05) is 24.3 Å². The molecule has 2 aromatic carbocycles. The molecule has 0 saturated heterocycles. The molecule has 1 aliphatic heterocycles. The van der Waals surface area contributed by atoms with Crippen molar-refractivity contribution in [3.8, 4) is 28.4 Å². The maximum atomic E-state index is 11.9. The maximum Gasteiger partial charge on any atom is 0.308 e. The molecule has 0 amide bonds. The second kappa shape index (κ2) is 7.33. The zero-order valence-electron chi connectivity index (χ0n) is 16.5. The van der Waals surface area contributed by atoms with Crippen molar-refractivity contribution in [3.63, 3.8) is 0 Å². The van der Waals surface area contributed by atoms with Gasteiger partial charge in [-0.15, -0.1) is 0 Å². The lowest BCUT2D eigenvalue weighted by molar-refractivity contribution is -0.135. The third-order valence-electron chi connectivity index (χ3n) is 5.07. The Labute approximate surface area is 168 Å². The van der Waals surface area contributed by atoms with Gasteiger partial charge in [0, 0.05) is 37.9 Å². The Bertz CT molecular complexity index is 1040. The zero-order chi connectivity index (χ0) is 20.7. The summed E-state index contributed by atoms with van der Waals surface area (Å²) in [5.41, 5.74) is 4.40. The molecule has 0 spiro atoms. The smallest absolute Gasteiger partial charge is 0.308 e. The fourth-order valence-corrected chi connectivity index (χ4v) is 4.19. The molecule has 7 heteroatoms. The summed E-state index contributed by atoms with van der Waals surface area (Å²) in [6, 6.07) is 7.81. The predicted octanol–water partition coefficient (Wildman–Crippen LogP) is 2.87. The van der Waals surface area contributed by atoms with E-state index < -0.39 is 17.9 Å². The van der Waals surface area contributed by atoms with Gasteiger partial charge in [-0.1, -0.05) is 24.3 Å². The summed E-state index contributed by atoms with van der Waals surface area (Å²) in [6.07, 6.45) is 1.33. The van der Waals surface area contributed by atoms with Crippen molar-refractivity contribution in [3.05, 3.63) is 41.0 Å². The van der Waals surface area contributed by atoms with Crippen molar-refractivity contribution < 1.29 is 28.6 Å². The van der Waals surface area contributed by atoms with Gasteiger partial charge in [-0.25, -0.2) is 0 Å². The number of hydrogen-bond donors (Lipinski definition) is 1. The van der Waals surface area contributed by atoms with Crippen LogP contribution in [0.3, 0.4) is 0 Å². The average Bonchev–Trinajstić information content (AvgIpc) is 2.65. The van der Waals surface area contributed by atoms with Gasteiger partial charge in [-0.2, -0.15) is 0 Å². The van der Waals surface area contributed by atoms with Gasteiger partial charge in [-0.3, -0.25) is 14.4 Å². The molecule has 4 rings (SSSR count). The number of carbonyl (C=O) groups is 3. The summed E-state index contributed by atoms with van der Waals surface area (Å²) in [7, 11) is 0. The number of hydrogen-bond acceptors (Lipinski definition) is 7. The van der Waals surface area contributed by atoms with Crippen LogP contribution in [0.2, 0.25) is 0 Å². The normalized spacial score (nSPS) is 16.3. The van der Waals surface area contributed by atoms with Crippen LogP contribution in [0.25, 0.3) is 11.1 Å². The second-order valence-electron chi connectivity index (χ2n) is 7.15. The van der Waals surface area contributed by atoms with E-state index in [0.29, 0.717) is 18.5 Å². The Kier molecular flexibility index (Phi) is 4.84. The van der Waals surface area contributed by atoms with E-state index in [1.54, 1.807) is 0 Å². The first-order valence-electron chi connectivity index (χ1n) is 9.46. The van der Waals surface area contributed by atoms with E-state index in [-0.39, 0.29) is 23.3 Å². The topological polar surface area (TPSA) is 90.9 Å². The van der Waals surface area contributed by atoms with Crippen molar-refractivity contribution in [1.29, 1.82) is 0 Å². The first-order chi connectivity index (χ1) is 13.9. The highest BCUT2D eigenvalue weighted by Gasteiger charge is 2.38. The molecule has 1 aliphatic carbocycles. The Hall–Kier alpha value is -3.19. The number of ether oxygens (including phenoxy) is 3. The lowest BCUT2D eigenvalue weighted by Crippen LogP contribution is -2.34. The standard InChI is InChI=1S/C22H21NO6/c1-11(24)27-20-16-8-9-23-17-10-14-6-4-5-7-15(14)19(18(16)17)21(28-12(2)25)22(20)29-13(3)26/h4-7,17,23H,8-10H2,1-3H3. The van der Waals surface area contributed by atoms with Crippen LogP contribution in [-0.4, -0.2) is 24.5 Å². The molecule has 1 heterocycles. The second-order valence-corrected chi connectivity index (χ2v) is 7.15. The number of esters is 3. The lowest BCUT2D eigenvalue weighted by Gasteiger charge is -2.36. The maximum absolute atomic E-state index is 11.9. The number of benzene rings is 2. The fraction of sp³-hybridized carbons (Fsp3) is 0.318. The van der Waals surface area contributed by atoms with Crippen molar-refractivity contribution in [2.24, 2.45) is 0 Å². The number of carbonyl (C=O) groups excluding carboxylic acids is 3. The molecule has 0 fully saturated rings. The number of rotatable bonds is 3. The van der Waals surface area contributed by atoms with Gasteiger partial charge in [0.05, 0.1) is 0 Å².